The van der Waals surface area contributed by atoms with E-state index in [0.717, 1.165) is 4.90 Å². The van der Waals surface area contributed by atoms with Crippen LogP contribution < -0.4 is 27.4 Å². The molecule has 1 aliphatic heterocycles. The second kappa shape index (κ2) is 19.5. The van der Waals surface area contributed by atoms with Crippen molar-refractivity contribution in [2.24, 2.45) is 16.9 Å². The smallest absolute Gasteiger partial charge is 0.312 e. The molecule has 7 N–H and O–H groups in total. The average molecular weight is 565 g/mol. The van der Waals surface area contributed by atoms with Crippen LogP contribution in [-0.4, -0.2) is 72.1 Å². The van der Waals surface area contributed by atoms with Gasteiger partial charge in [-0.1, -0.05) is 27.2 Å². The Hall–Kier alpha value is -3.54. The van der Waals surface area contributed by atoms with E-state index in [1.54, 1.807) is 20.8 Å². The van der Waals surface area contributed by atoms with Crippen molar-refractivity contribution in [1.82, 2.24) is 20.9 Å². The van der Waals surface area contributed by atoms with Gasteiger partial charge in [-0.2, -0.15) is 0 Å². The molecule has 0 aromatic carbocycles. The fourth-order valence-electron chi connectivity index (χ4n) is 3.99. The van der Waals surface area contributed by atoms with Gasteiger partial charge in [-0.15, -0.1) is 13.2 Å². The number of Topliss-reactive ketones (excluding diaryl/α,β-unsaturated/α-hetero) is 1. The Balaban J connectivity index is 0.00000742. The van der Waals surface area contributed by atoms with Crippen molar-refractivity contribution in [3.63, 3.8) is 0 Å². The van der Waals surface area contributed by atoms with Gasteiger partial charge >= 0.3 is 6.03 Å². The lowest BCUT2D eigenvalue weighted by atomic mass is 9.84. The second-order valence-corrected chi connectivity index (χ2v) is 10.5. The molecule has 40 heavy (non-hydrogen) atoms. The van der Waals surface area contributed by atoms with Crippen LogP contribution in [0.2, 0.25) is 0 Å². The Bertz CT molecular complexity index is 880. The lowest BCUT2D eigenvalue weighted by molar-refractivity contribution is -0.137. The molecular weight excluding hydrogens is 516 g/mol. The predicted molar refractivity (Wildman–Crippen MR) is 154 cm³/mol. The van der Waals surface area contributed by atoms with Crippen molar-refractivity contribution in [2.75, 3.05) is 19.6 Å². The number of primary amides is 1. The minimum atomic E-state index is -0.820. The number of nitrogens with two attached hydrogens (primary N) is 2. The molecule has 0 unspecified atom stereocenters. The number of urea groups is 1. The summed E-state index contributed by atoms with van der Waals surface area (Å²) in [5.74, 6) is -1.54. The number of nitrogens with zero attached hydrogens (tertiary/aromatic N) is 1. The van der Waals surface area contributed by atoms with Gasteiger partial charge in [-0.05, 0) is 51.5 Å². The molecule has 0 spiro atoms. The first-order chi connectivity index (χ1) is 18.9. The minimum absolute atomic E-state index is 0.151. The molecule has 6 amide bonds. The highest BCUT2D eigenvalue weighted by Gasteiger charge is 2.32. The van der Waals surface area contributed by atoms with Crippen molar-refractivity contribution in [3.05, 3.63) is 25.3 Å². The summed E-state index contributed by atoms with van der Waals surface area (Å²) in [7, 11) is 0. The zero-order valence-corrected chi connectivity index (χ0v) is 24.3. The van der Waals surface area contributed by atoms with Gasteiger partial charge in [0.05, 0.1) is 6.04 Å². The summed E-state index contributed by atoms with van der Waals surface area (Å²) in [5.41, 5.74) is 9.97. The molecule has 1 rings (SSSR count). The molecule has 1 aliphatic rings. The third-order valence-electron chi connectivity index (χ3n) is 6.13. The van der Waals surface area contributed by atoms with Gasteiger partial charge in [0.15, 0.2) is 5.78 Å². The van der Waals surface area contributed by atoms with Crippen LogP contribution in [0.1, 0.15) is 78.6 Å². The maximum absolute atomic E-state index is 13.2. The van der Waals surface area contributed by atoms with Gasteiger partial charge in [-0.25, -0.2) is 4.79 Å². The summed E-state index contributed by atoms with van der Waals surface area (Å²) >= 11 is 0. The van der Waals surface area contributed by atoms with Gasteiger partial charge in [-0.3, -0.25) is 28.9 Å². The predicted octanol–water partition coefficient (Wildman–Crippen LogP) is 1.44. The highest BCUT2D eigenvalue weighted by molar-refractivity contribution is 6.12. The molecule has 0 aliphatic carbocycles. The summed E-state index contributed by atoms with van der Waals surface area (Å²) in [6, 6.07) is -2.26. The molecule has 0 saturated carbocycles. The van der Waals surface area contributed by atoms with Crippen LogP contribution in [0.5, 0.6) is 0 Å². The number of unbranched alkanes of at least 4 members (excludes halogenated alkanes) is 3. The molecule has 226 valence electrons. The number of rotatable bonds is 18. The number of hydrogen-bond acceptors (Lipinski definition) is 7. The first-order valence-corrected chi connectivity index (χ1v) is 13.8. The Kier molecular flexibility index (Phi) is 17.8. The van der Waals surface area contributed by atoms with E-state index >= 15 is 0 Å². The van der Waals surface area contributed by atoms with E-state index in [4.69, 9.17) is 11.5 Å². The topological polar surface area (TPSA) is 194 Å². The number of ketones is 1. The highest BCUT2D eigenvalue weighted by atomic mass is 16.2. The third kappa shape index (κ3) is 14.6. The normalized spacial score (nSPS) is 14.2. The molecule has 0 fully saturated rings. The van der Waals surface area contributed by atoms with Gasteiger partial charge in [0.25, 0.3) is 11.8 Å². The molecular formula is C28H48N6O6. The lowest BCUT2D eigenvalue weighted by Gasteiger charge is -2.27. The number of nitrogens with one attached hydrogen (secondary N) is 3. The Morgan fingerprint density at radius 2 is 1.48 bits per heavy atom. The second-order valence-electron chi connectivity index (χ2n) is 10.5. The van der Waals surface area contributed by atoms with Crippen molar-refractivity contribution in [1.29, 1.82) is 0 Å². The zero-order chi connectivity index (χ0) is 30.7. The first kappa shape index (κ1) is 36.5. The Labute approximate surface area is 237 Å². The molecule has 0 aromatic rings. The van der Waals surface area contributed by atoms with Crippen molar-refractivity contribution < 1.29 is 28.8 Å². The number of imide groups is 1. The van der Waals surface area contributed by atoms with Crippen LogP contribution in [0, 0.1) is 5.41 Å². The van der Waals surface area contributed by atoms with E-state index in [9.17, 15) is 28.8 Å². The summed E-state index contributed by atoms with van der Waals surface area (Å²) in [4.78, 5) is 74.0. The Morgan fingerprint density at radius 1 is 0.875 bits per heavy atom. The molecule has 0 bridgehead atoms. The van der Waals surface area contributed by atoms with E-state index in [1.165, 1.54) is 12.2 Å². The molecule has 12 nitrogen and oxygen atoms in total. The third-order valence-corrected chi connectivity index (χ3v) is 6.13. The monoisotopic (exact) mass is 564 g/mol. The molecule has 0 aromatic heterocycles. The van der Waals surface area contributed by atoms with Crippen LogP contribution in [-0.2, 0) is 24.0 Å². The standard InChI is InChI=1S/C26H44N6O6.C2H4/c1-26(2,3)23(36)18(11-9-16-29-25(28)38)31-24(37)19(10-6-7-15-27)30-20(33)12-5-4-8-17-32-21(34)13-14-22(32)35;1-2/h13-14,18-19H,4-12,15-17,27H2,1-3H3,(H,30,33)(H,31,37)(H3,28,29,38);1-2H2/t18-,19-;/m0./s1. The van der Waals surface area contributed by atoms with E-state index < -0.39 is 29.4 Å². The van der Waals surface area contributed by atoms with Crippen molar-refractivity contribution >= 4 is 35.4 Å². The fraction of sp³-hybridized carbons (Fsp3) is 0.643. The molecule has 2 atom stereocenters. The van der Waals surface area contributed by atoms with E-state index in [2.05, 4.69) is 29.1 Å². The van der Waals surface area contributed by atoms with E-state index in [-0.39, 0.29) is 36.5 Å². The van der Waals surface area contributed by atoms with Gasteiger partial charge < -0.3 is 27.4 Å². The maximum Gasteiger partial charge on any atom is 0.312 e. The van der Waals surface area contributed by atoms with Crippen LogP contribution in [0.25, 0.3) is 0 Å². The number of carbonyl (C=O) groups is 6. The van der Waals surface area contributed by atoms with Crippen LogP contribution >= 0.6 is 0 Å². The van der Waals surface area contributed by atoms with Crippen molar-refractivity contribution in [2.45, 2.75) is 90.6 Å². The number of amides is 6. The zero-order valence-electron chi connectivity index (χ0n) is 24.3. The summed E-state index contributed by atoms with van der Waals surface area (Å²) in [6.07, 6.45) is 6.84. The summed E-state index contributed by atoms with van der Waals surface area (Å²) in [6.45, 7) is 12.3. The number of carbonyl (C=O) groups excluding carboxylic acids is 6. The summed E-state index contributed by atoms with van der Waals surface area (Å²) in [5, 5.41) is 8.06. The quantitative estimate of drug-likeness (QED) is 0.0943. The minimum Gasteiger partial charge on any atom is -0.352 e. The Morgan fingerprint density at radius 3 is 2.02 bits per heavy atom. The SMILES string of the molecule is C=C.CC(C)(C)C(=O)[C@H](CCCNC(N)=O)NC(=O)[C@H](CCCCN)NC(=O)CCCCCN1C(=O)C=CC1=O. The summed E-state index contributed by atoms with van der Waals surface area (Å²) < 4.78 is 0. The molecule has 12 heteroatoms. The molecule has 0 saturated heterocycles. The van der Waals surface area contributed by atoms with Gasteiger partial charge in [0.2, 0.25) is 11.8 Å². The van der Waals surface area contributed by atoms with Crippen LogP contribution in [0.15, 0.2) is 25.3 Å². The maximum atomic E-state index is 13.2. The van der Waals surface area contributed by atoms with E-state index in [1.807, 2.05) is 0 Å². The van der Waals surface area contributed by atoms with Gasteiger partial charge in [0.1, 0.15) is 6.04 Å². The molecule has 1 heterocycles. The average Bonchev–Trinajstić information content (AvgIpc) is 3.21. The number of hydrogen-bond donors (Lipinski definition) is 5. The van der Waals surface area contributed by atoms with E-state index in [0.29, 0.717) is 64.5 Å². The largest absolute Gasteiger partial charge is 0.352 e. The first-order valence-electron chi connectivity index (χ1n) is 13.8. The highest BCUT2D eigenvalue weighted by Crippen LogP contribution is 2.19. The van der Waals surface area contributed by atoms with Crippen LogP contribution in [0.3, 0.4) is 0 Å². The fourth-order valence-corrected chi connectivity index (χ4v) is 3.99. The van der Waals surface area contributed by atoms with Crippen LogP contribution in [0.4, 0.5) is 4.79 Å². The molecule has 0 radical (unpaired) electrons. The van der Waals surface area contributed by atoms with Gasteiger partial charge in [0, 0.05) is 37.1 Å². The lowest BCUT2D eigenvalue weighted by Crippen LogP contribution is -2.53. The van der Waals surface area contributed by atoms with Crippen molar-refractivity contribution in [3.8, 4) is 0 Å².